The Labute approximate surface area is 59.7 Å². The molecule has 0 aromatic heterocycles. The molecule has 0 atom stereocenters. The van der Waals surface area contributed by atoms with Gasteiger partial charge in [0.2, 0.25) is 0 Å². The van der Waals surface area contributed by atoms with Crippen molar-refractivity contribution >= 4 is 8.24 Å². The summed E-state index contributed by atoms with van der Waals surface area (Å²) < 4.78 is 0. The first-order chi connectivity index (χ1) is 4.18. The van der Waals surface area contributed by atoms with Gasteiger partial charge in [0.05, 0.1) is 0 Å². The largest absolute Gasteiger partial charge is 0.351 e. The zero-order valence-corrected chi connectivity index (χ0v) is 7.91. The number of hydrogen-bond acceptors (Lipinski definition) is 1. The van der Waals surface area contributed by atoms with Crippen LogP contribution in [0, 0.1) is 0 Å². The predicted molar refractivity (Wildman–Crippen MR) is 46.0 cm³/mol. The van der Waals surface area contributed by atoms with Crippen LogP contribution in [0.4, 0.5) is 0 Å². The van der Waals surface area contributed by atoms with Gasteiger partial charge in [0.15, 0.2) is 0 Å². The van der Waals surface area contributed by atoms with Crippen LogP contribution in [0.5, 0.6) is 0 Å². The third kappa shape index (κ3) is 3.01. The Hall–Kier alpha value is 0.177. The number of hydrogen-bond donors (Lipinski definition) is 1. The van der Waals surface area contributed by atoms with Gasteiger partial charge in [-0.25, -0.2) is 0 Å². The van der Waals surface area contributed by atoms with Crippen molar-refractivity contribution in [2.45, 2.75) is 45.3 Å². The fourth-order valence-corrected chi connectivity index (χ4v) is 3.30. The molecule has 0 aliphatic carbocycles. The minimum Gasteiger partial charge on any atom is -0.351 e. The fraction of sp³-hybridized carbons (Fsp3) is 1.00. The maximum absolute atomic E-state index is 6.15. The van der Waals surface area contributed by atoms with Gasteiger partial charge >= 0.3 is 0 Å². The van der Waals surface area contributed by atoms with E-state index < -0.39 is 8.24 Å². The molecule has 0 rings (SSSR count). The van der Waals surface area contributed by atoms with E-state index in [0.29, 0.717) is 0 Å². The lowest BCUT2D eigenvalue weighted by Crippen LogP contribution is -2.43. The third-order valence-corrected chi connectivity index (χ3v) is 6.47. The van der Waals surface area contributed by atoms with Gasteiger partial charge in [0.25, 0.3) is 0 Å². The van der Waals surface area contributed by atoms with Crippen molar-refractivity contribution in [3.05, 3.63) is 0 Å². The van der Waals surface area contributed by atoms with E-state index in [-0.39, 0.29) is 0 Å². The summed E-state index contributed by atoms with van der Waals surface area (Å²) in [5.41, 5.74) is 0. The average Bonchev–Trinajstić information content (AvgIpc) is 1.89. The minimum atomic E-state index is -1.20. The van der Waals surface area contributed by atoms with Crippen molar-refractivity contribution in [1.29, 1.82) is 0 Å². The summed E-state index contributed by atoms with van der Waals surface area (Å²) >= 11 is 0. The lowest BCUT2D eigenvalue weighted by molar-refractivity contribution is 1.00. The Balaban J connectivity index is 3.62. The molecule has 0 aromatic carbocycles. The van der Waals surface area contributed by atoms with Crippen molar-refractivity contribution < 1.29 is 0 Å². The molecule has 0 amide bonds. The van der Waals surface area contributed by atoms with Crippen LogP contribution in [0.1, 0.15) is 27.2 Å². The van der Waals surface area contributed by atoms with Crippen LogP contribution in [0.3, 0.4) is 0 Å². The molecular formula is C7H19NSi. The second-order valence-electron chi connectivity index (χ2n) is 2.82. The van der Waals surface area contributed by atoms with E-state index in [4.69, 9.17) is 5.40 Å². The summed E-state index contributed by atoms with van der Waals surface area (Å²) in [4.78, 5) is 0. The first-order valence-corrected chi connectivity index (χ1v) is 6.67. The van der Waals surface area contributed by atoms with Crippen LogP contribution >= 0.6 is 0 Å². The molecule has 1 nitrogen and oxygen atoms in total. The Morgan fingerprint density at radius 2 is 1.56 bits per heavy atom. The second kappa shape index (κ2) is 4.07. The topological polar surface area (TPSA) is 26.0 Å². The maximum Gasteiger partial charge on any atom is 0.122 e. The summed E-state index contributed by atoms with van der Waals surface area (Å²) in [6.45, 7) is 6.68. The monoisotopic (exact) mass is 145 g/mol. The standard InChI is InChI=1S/C7H19NSi/c1-4-7-9(8,5-2)6-3/h4-8H2,1-3H3. The van der Waals surface area contributed by atoms with Gasteiger partial charge in [-0.2, -0.15) is 0 Å². The summed E-state index contributed by atoms with van der Waals surface area (Å²) in [6, 6.07) is 3.80. The summed E-state index contributed by atoms with van der Waals surface area (Å²) in [5.74, 6) is 0. The maximum atomic E-state index is 6.15. The van der Waals surface area contributed by atoms with Crippen molar-refractivity contribution in [2.75, 3.05) is 0 Å². The van der Waals surface area contributed by atoms with Crippen molar-refractivity contribution in [3.63, 3.8) is 0 Å². The van der Waals surface area contributed by atoms with E-state index in [1.165, 1.54) is 24.6 Å². The second-order valence-corrected chi connectivity index (χ2v) is 7.46. The Morgan fingerprint density at radius 3 is 1.67 bits per heavy atom. The molecule has 0 saturated carbocycles. The number of rotatable bonds is 4. The van der Waals surface area contributed by atoms with Crippen molar-refractivity contribution in [2.24, 2.45) is 5.40 Å². The molecule has 0 aliphatic heterocycles. The van der Waals surface area contributed by atoms with Gasteiger partial charge in [0, 0.05) is 0 Å². The molecule has 0 bridgehead atoms. The molecule has 0 radical (unpaired) electrons. The van der Waals surface area contributed by atoms with Gasteiger partial charge in [0.1, 0.15) is 8.24 Å². The first kappa shape index (κ1) is 9.18. The highest BCUT2D eigenvalue weighted by Crippen LogP contribution is 2.14. The lowest BCUT2D eigenvalue weighted by atomic mass is 10.6. The zero-order valence-electron chi connectivity index (χ0n) is 6.91. The van der Waals surface area contributed by atoms with Crippen LogP contribution in [0.2, 0.25) is 18.1 Å². The molecule has 0 saturated heterocycles. The Kier molecular flexibility index (Phi) is 4.15. The normalized spacial score (nSPS) is 12.0. The van der Waals surface area contributed by atoms with Crippen LogP contribution in [0.25, 0.3) is 0 Å². The van der Waals surface area contributed by atoms with Gasteiger partial charge < -0.3 is 5.40 Å². The molecule has 2 heteroatoms. The molecular weight excluding hydrogens is 126 g/mol. The molecule has 0 heterocycles. The third-order valence-electron chi connectivity index (χ3n) is 2.16. The molecule has 0 spiro atoms. The fourth-order valence-electron chi connectivity index (χ4n) is 1.10. The van der Waals surface area contributed by atoms with Crippen LogP contribution in [0.15, 0.2) is 0 Å². The zero-order chi connectivity index (χ0) is 7.33. The lowest BCUT2D eigenvalue weighted by Gasteiger charge is -2.22. The molecule has 0 aliphatic rings. The first-order valence-electron chi connectivity index (χ1n) is 3.97. The van der Waals surface area contributed by atoms with Gasteiger partial charge in [-0.15, -0.1) is 0 Å². The van der Waals surface area contributed by atoms with E-state index in [1.807, 2.05) is 0 Å². The highest BCUT2D eigenvalue weighted by molar-refractivity contribution is 6.76. The Morgan fingerprint density at radius 1 is 1.11 bits per heavy atom. The minimum absolute atomic E-state index is 1.20. The predicted octanol–water partition coefficient (Wildman–Crippen LogP) is 2.34. The molecule has 9 heavy (non-hydrogen) atoms. The molecule has 0 fully saturated rings. The van der Waals surface area contributed by atoms with Crippen LogP contribution in [-0.2, 0) is 0 Å². The van der Waals surface area contributed by atoms with E-state index >= 15 is 0 Å². The van der Waals surface area contributed by atoms with Crippen LogP contribution < -0.4 is 5.40 Å². The van der Waals surface area contributed by atoms with E-state index in [1.54, 1.807) is 0 Å². The van der Waals surface area contributed by atoms with E-state index in [9.17, 15) is 0 Å². The summed E-state index contributed by atoms with van der Waals surface area (Å²) in [6.07, 6.45) is 1.27. The van der Waals surface area contributed by atoms with Gasteiger partial charge in [-0.1, -0.05) is 27.2 Å². The van der Waals surface area contributed by atoms with Crippen molar-refractivity contribution in [3.8, 4) is 0 Å². The molecule has 0 unspecified atom stereocenters. The summed E-state index contributed by atoms with van der Waals surface area (Å²) in [5, 5.41) is 6.15. The number of nitrogens with two attached hydrogens (primary N) is 1. The van der Waals surface area contributed by atoms with Crippen LogP contribution in [-0.4, -0.2) is 8.24 Å². The quantitative estimate of drug-likeness (QED) is 0.604. The summed E-state index contributed by atoms with van der Waals surface area (Å²) in [7, 11) is -1.20. The van der Waals surface area contributed by atoms with Gasteiger partial charge in [-0.3, -0.25) is 0 Å². The van der Waals surface area contributed by atoms with E-state index in [2.05, 4.69) is 20.8 Å². The molecule has 0 aromatic rings. The average molecular weight is 145 g/mol. The van der Waals surface area contributed by atoms with Gasteiger partial charge in [-0.05, 0) is 18.1 Å². The smallest absolute Gasteiger partial charge is 0.122 e. The SMILES string of the molecule is CCC[Si](N)(CC)CC. The molecule has 56 valence electrons. The Bertz CT molecular complexity index is 69.3. The highest BCUT2D eigenvalue weighted by Gasteiger charge is 2.21. The van der Waals surface area contributed by atoms with E-state index in [0.717, 1.165) is 0 Å². The highest BCUT2D eigenvalue weighted by atomic mass is 28.3. The molecule has 2 N–H and O–H groups in total. The van der Waals surface area contributed by atoms with Crippen molar-refractivity contribution in [1.82, 2.24) is 0 Å².